The van der Waals surface area contributed by atoms with Crippen molar-refractivity contribution in [1.29, 1.82) is 0 Å². The Kier molecular flexibility index (Phi) is 9.16. The molecule has 0 unspecified atom stereocenters. The number of aromatic nitrogens is 1. The number of hydrogen-bond donors (Lipinski definition) is 2. The summed E-state index contributed by atoms with van der Waals surface area (Å²) in [6.45, 7) is 12.9. The van der Waals surface area contributed by atoms with Crippen LogP contribution in [0.1, 0.15) is 53.1 Å². The summed E-state index contributed by atoms with van der Waals surface area (Å²) in [6.07, 6.45) is 2.73. The summed E-state index contributed by atoms with van der Waals surface area (Å²) < 4.78 is 0. The van der Waals surface area contributed by atoms with Crippen LogP contribution in [0.15, 0.2) is 18.2 Å². The van der Waals surface area contributed by atoms with Crippen LogP contribution in [0.5, 0.6) is 0 Å². The highest BCUT2D eigenvalue weighted by Crippen LogP contribution is 2.39. The first-order valence-electron chi connectivity index (χ1n) is 12.4. The number of rotatable bonds is 11. The maximum Gasteiger partial charge on any atom is 0.259 e. The van der Waals surface area contributed by atoms with Gasteiger partial charge < -0.3 is 25.0 Å². The first-order valence-corrected chi connectivity index (χ1v) is 12.7. The number of anilines is 1. The molecule has 190 valence electrons. The van der Waals surface area contributed by atoms with Crippen LogP contribution in [0.4, 0.5) is 5.69 Å². The number of hydrogen-bond acceptors (Lipinski definition) is 4. The number of amides is 2. The minimum Gasteiger partial charge on any atom is -0.358 e. The van der Waals surface area contributed by atoms with Crippen molar-refractivity contribution in [3.05, 3.63) is 51.3 Å². The van der Waals surface area contributed by atoms with Gasteiger partial charge >= 0.3 is 0 Å². The summed E-state index contributed by atoms with van der Waals surface area (Å²) in [5.74, 6) is -0.141. The molecule has 8 heteroatoms. The van der Waals surface area contributed by atoms with Crippen LogP contribution >= 0.6 is 11.6 Å². The normalized spacial score (nSPS) is 14.5. The summed E-state index contributed by atoms with van der Waals surface area (Å²) in [4.78, 5) is 35.9. The van der Waals surface area contributed by atoms with Gasteiger partial charge in [0.25, 0.3) is 11.8 Å². The lowest BCUT2D eigenvalue weighted by molar-refractivity contribution is -0.113. The van der Waals surface area contributed by atoms with Gasteiger partial charge in [0.1, 0.15) is 0 Å². The molecule has 0 saturated heterocycles. The number of carbonyl (C=O) groups excluding carboxylic acids is 2. The van der Waals surface area contributed by atoms with Gasteiger partial charge in [-0.15, -0.1) is 0 Å². The van der Waals surface area contributed by atoms with E-state index in [-0.39, 0.29) is 11.8 Å². The molecule has 0 aliphatic carbocycles. The smallest absolute Gasteiger partial charge is 0.259 e. The average Bonchev–Trinajstić information content (AvgIpc) is 3.23. The third-order valence-corrected chi connectivity index (χ3v) is 6.84. The van der Waals surface area contributed by atoms with E-state index >= 15 is 0 Å². The Morgan fingerprint density at radius 1 is 1.17 bits per heavy atom. The number of benzene rings is 1. The van der Waals surface area contributed by atoms with Gasteiger partial charge in [0, 0.05) is 41.6 Å². The fourth-order valence-corrected chi connectivity index (χ4v) is 4.77. The number of aromatic amines is 1. The zero-order chi connectivity index (χ0) is 25.7. The van der Waals surface area contributed by atoms with E-state index in [4.69, 9.17) is 11.6 Å². The van der Waals surface area contributed by atoms with Crippen molar-refractivity contribution in [2.45, 2.75) is 34.1 Å². The van der Waals surface area contributed by atoms with Crippen LogP contribution < -0.4 is 10.2 Å². The highest BCUT2D eigenvalue weighted by molar-refractivity contribution is 6.37. The SMILES string of the molecule is CCN(CC)CCNC(=O)c1c(C)[nH]c(/C=C2\C(=O)N(CCCN(C)C)c3ccc(Cl)cc32)c1C. The van der Waals surface area contributed by atoms with Crippen molar-refractivity contribution in [2.24, 2.45) is 0 Å². The Morgan fingerprint density at radius 2 is 1.89 bits per heavy atom. The average molecular weight is 500 g/mol. The molecule has 0 spiro atoms. The highest BCUT2D eigenvalue weighted by Gasteiger charge is 2.32. The van der Waals surface area contributed by atoms with E-state index in [1.54, 1.807) is 0 Å². The van der Waals surface area contributed by atoms with Crippen molar-refractivity contribution >= 4 is 40.8 Å². The Labute approximate surface area is 214 Å². The molecule has 7 nitrogen and oxygen atoms in total. The van der Waals surface area contributed by atoms with Gasteiger partial charge in [-0.05, 0) is 83.8 Å². The number of H-pyrrole nitrogens is 1. The molecule has 0 fully saturated rings. The summed E-state index contributed by atoms with van der Waals surface area (Å²) in [7, 11) is 4.05. The number of likely N-dealkylation sites (N-methyl/N-ethyl adjacent to an activating group) is 1. The predicted molar refractivity (Wildman–Crippen MR) is 145 cm³/mol. The molecule has 1 aromatic heterocycles. The Morgan fingerprint density at radius 3 is 2.54 bits per heavy atom. The van der Waals surface area contributed by atoms with E-state index in [0.29, 0.717) is 29.2 Å². The number of halogens is 1. The zero-order valence-corrected chi connectivity index (χ0v) is 22.6. The Bertz CT molecular complexity index is 1100. The van der Waals surface area contributed by atoms with Gasteiger partial charge in [-0.1, -0.05) is 25.4 Å². The monoisotopic (exact) mass is 499 g/mol. The number of aryl methyl sites for hydroxylation is 1. The lowest BCUT2D eigenvalue weighted by Crippen LogP contribution is -2.35. The first-order chi connectivity index (χ1) is 16.7. The van der Waals surface area contributed by atoms with E-state index in [1.165, 1.54) is 0 Å². The second-order valence-corrected chi connectivity index (χ2v) is 9.72. The molecule has 3 rings (SSSR count). The first kappa shape index (κ1) is 27.0. The van der Waals surface area contributed by atoms with Crippen LogP contribution in [0.25, 0.3) is 11.6 Å². The molecule has 1 aromatic carbocycles. The van der Waals surface area contributed by atoms with Crippen LogP contribution in [0.2, 0.25) is 5.02 Å². The fraction of sp³-hybridized carbons (Fsp3) is 0.481. The largest absolute Gasteiger partial charge is 0.358 e. The van der Waals surface area contributed by atoms with E-state index in [0.717, 1.165) is 60.8 Å². The molecule has 2 N–H and O–H groups in total. The van der Waals surface area contributed by atoms with E-state index in [1.807, 2.05) is 57.1 Å². The summed E-state index contributed by atoms with van der Waals surface area (Å²) in [5.41, 5.74) is 5.30. The van der Waals surface area contributed by atoms with Crippen LogP contribution in [0, 0.1) is 13.8 Å². The Balaban J connectivity index is 1.87. The quantitative estimate of drug-likeness (QED) is 0.455. The van der Waals surface area contributed by atoms with E-state index in [2.05, 4.69) is 33.9 Å². The molecule has 2 heterocycles. The molecular weight excluding hydrogens is 462 g/mol. The van der Waals surface area contributed by atoms with Gasteiger partial charge in [-0.2, -0.15) is 0 Å². The van der Waals surface area contributed by atoms with E-state index < -0.39 is 0 Å². The molecule has 2 aromatic rings. The fourth-order valence-electron chi connectivity index (χ4n) is 4.60. The highest BCUT2D eigenvalue weighted by atomic mass is 35.5. The number of fused-ring (bicyclic) bond motifs is 1. The van der Waals surface area contributed by atoms with Gasteiger partial charge in [-0.25, -0.2) is 0 Å². The predicted octanol–water partition coefficient (Wildman–Crippen LogP) is 4.20. The summed E-state index contributed by atoms with van der Waals surface area (Å²) in [5, 5.41) is 3.63. The standard InChI is InChI=1S/C27H38ClN5O2/c1-7-32(8-2)15-12-29-26(34)25-18(3)23(30-19(25)4)17-22-21-16-20(28)10-11-24(21)33(27(22)35)14-9-13-31(5)6/h10-11,16-17,30H,7-9,12-15H2,1-6H3,(H,29,34)/b22-17-. The maximum absolute atomic E-state index is 13.5. The molecule has 35 heavy (non-hydrogen) atoms. The third-order valence-electron chi connectivity index (χ3n) is 6.60. The van der Waals surface area contributed by atoms with Gasteiger partial charge in [0.2, 0.25) is 0 Å². The van der Waals surface area contributed by atoms with Gasteiger partial charge in [0.15, 0.2) is 0 Å². The second-order valence-electron chi connectivity index (χ2n) is 9.28. The van der Waals surface area contributed by atoms with Gasteiger partial charge in [0.05, 0.1) is 16.8 Å². The van der Waals surface area contributed by atoms with Crippen LogP contribution in [-0.2, 0) is 4.79 Å². The second kappa shape index (κ2) is 11.9. The lowest BCUT2D eigenvalue weighted by atomic mass is 10.0. The molecule has 0 bridgehead atoms. The lowest BCUT2D eigenvalue weighted by Gasteiger charge is -2.18. The zero-order valence-electron chi connectivity index (χ0n) is 21.8. The minimum absolute atomic E-state index is 0.0436. The third kappa shape index (κ3) is 6.15. The van der Waals surface area contributed by atoms with Crippen molar-refractivity contribution in [3.8, 4) is 0 Å². The minimum atomic E-state index is -0.0976. The summed E-state index contributed by atoms with van der Waals surface area (Å²) >= 11 is 6.30. The summed E-state index contributed by atoms with van der Waals surface area (Å²) in [6, 6.07) is 5.58. The molecule has 2 amide bonds. The Hall–Kier alpha value is -2.61. The van der Waals surface area contributed by atoms with Crippen molar-refractivity contribution in [3.63, 3.8) is 0 Å². The van der Waals surface area contributed by atoms with Crippen LogP contribution in [-0.4, -0.2) is 80.0 Å². The molecule has 1 aliphatic rings. The van der Waals surface area contributed by atoms with Crippen molar-refractivity contribution < 1.29 is 9.59 Å². The topological polar surface area (TPSA) is 71.7 Å². The van der Waals surface area contributed by atoms with Gasteiger partial charge in [-0.3, -0.25) is 9.59 Å². The number of nitrogens with zero attached hydrogens (tertiary/aromatic N) is 3. The van der Waals surface area contributed by atoms with Crippen molar-refractivity contribution in [1.82, 2.24) is 20.1 Å². The van der Waals surface area contributed by atoms with E-state index in [9.17, 15) is 9.59 Å². The number of carbonyl (C=O) groups is 2. The van der Waals surface area contributed by atoms with Crippen molar-refractivity contribution in [2.75, 3.05) is 58.3 Å². The molecular formula is C27H38ClN5O2. The molecule has 1 aliphatic heterocycles. The molecule has 0 radical (unpaired) electrons. The molecule has 0 saturated carbocycles. The maximum atomic E-state index is 13.5. The number of nitrogens with one attached hydrogen (secondary N) is 2. The molecule has 0 atom stereocenters. The van der Waals surface area contributed by atoms with Crippen LogP contribution in [0.3, 0.4) is 0 Å².